The third kappa shape index (κ3) is 2.30. The topological polar surface area (TPSA) is 59.0 Å². The third-order valence-corrected chi connectivity index (χ3v) is 6.69. The molecule has 3 atom stereocenters. The highest BCUT2D eigenvalue weighted by Crippen LogP contribution is 2.58. The van der Waals surface area contributed by atoms with E-state index in [1.165, 1.54) is 7.11 Å². The van der Waals surface area contributed by atoms with Gasteiger partial charge in [0.1, 0.15) is 0 Å². The second kappa shape index (κ2) is 6.17. The van der Waals surface area contributed by atoms with Crippen molar-refractivity contribution in [3.8, 4) is 11.5 Å². The Bertz CT molecular complexity index is 805. The number of carbonyl (C=O) groups is 1. The largest absolute Gasteiger partial charge is 0.504 e. The summed E-state index contributed by atoms with van der Waals surface area (Å²) in [6.07, 6.45) is 3.91. The van der Waals surface area contributed by atoms with E-state index in [2.05, 4.69) is 11.9 Å². The Morgan fingerprint density at radius 3 is 2.88 bits per heavy atom. The van der Waals surface area contributed by atoms with E-state index in [1.807, 2.05) is 13.0 Å². The van der Waals surface area contributed by atoms with Crippen LogP contribution in [0.25, 0.3) is 0 Å². The van der Waals surface area contributed by atoms with Crippen molar-refractivity contribution >= 4 is 17.4 Å². The third-order valence-electron chi connectivity index (χ3n) is 6.36. The number of ether oxygens (including phenoxy) is 2. The number of phenolic OH excluding ortho intramolecular Hbond substituents is 1. The van der Waals surface area contributed by atoms with Gasteiger partial charge in [-0.2, -0.15) is 0 Å². The monoisotopic (exact) mass is 377 g/mol. The maximum Gasteiger partial charge on any atom is 0.197 e. The van der Waals surface area contributed by atoms with Gasteiger partial charge in [0, 0.05) is 34.5 Å². The zero-order valence-electron chi connectivity index (χ0n) is 15.3. The molecule has 1 aromatic rings. The number of phenols is 1. The molecule has 140 valence electrons. The lowest BCUT2D eigenvalue weighted by atomic mass is 9.54. The molecule has 4 rings (SSSR count). The van der Waals surface area contributed by atoms with E-state index in [0.29, 0.717) is 29.6 Å². The quantitative estimate of drug-likeness (QED) is 0.877. The average Bonchev–Trinajstić information content (AvgIpc) is 2.61. The zero-order valence-corrected chi connectivity index (χ0v) is 16.1. The highest BCUT2D eigenvalue weighted by atomic mass is 35.5. The number of allylic oxidation sites excluding steroid dienone is 2. The molecule has 0 unspecified atom stereocenters. The van der Waals surface area contributed by atoms with E-state index in [-0.39, 0.29) is 23.5 Å². The van der Waals surface area contributed by atoms with Crippen molar-refractivity contribution in [1.82, 2.24) is 4.90 Å². The van der Waals surface area contributed by atoms with Gasteiger partial charge in [-0.1, -0.05) is 11.6 Å². The minimum Gasteiger partial charge on any atom is -0.504 e. The minimum atomic E-state index is -0.453. The van der Waals surface area contributed by atoms with Crippen LogP contribution in [-0.2, 0) is 21.4 Å². The summed E-state index contributed by atoms with van der Waals surface area (Å²) in [7, 11) is 3.63. The molecule has 0 saturated carbocycles. The smallest absolute Gasteiger partial charge is 0.197 e. The lowest BCUT2D eigenvalue weighted by molar-refractivity contribution is -0.123. The highest BCUT2D eigenvalue weighted by Gasteiger charge is 2.56. The minimum absolute atomic E-state index is 0.0460. The van der Waals surface area contributed by atoms with Crippen LogP contribution in [0.1, 0.15) is 30.9 Å². The summed E-state index contributed by atoms with van der Waals surface area (Å²) >= 11 is 6.58. The summed E-state index contributed by atoms with van der Waals surface area (Å²) in [4.78, 5) is 15.0. The standard InChI is InChI=1S/C20H24ClNO4/c1-4-26-17-10-20-5-6-22(2)14(12(20)8-15(17)23)7-11-13(21)9-16(25-3)19(24)18(11)20/h9-10,12,14,24H,4-8H2,1-3H3/t12-,14+,20-/m0/s1. The predicted molar refractivity (Wildman–Crippen MR) is 98.9 cm³/mol. The predicted octanol–water partition coefficient (Wildman–Crippen LogP) is 3.06. The molecule has 3 aliphatic rings. The van der Waals surface area contributed by atoms with Crippen molar-refractivity contribution in [1.29, 1.82) is 0 Å². The Kier molecular flexibility index (Phi) is 4.20. The van der Waals surface area contributed by atoms with Crippen LogP contribution >= 0.6 is 11.6 Å². The van der Waals surface area contributed by atoms with Crippen molar-refractivity contribution in [2.45, 2.75) is 37.6 Å². The lowest BCUT2D eigenvalue weighted by Crippen LogP contribution is -2.60. The SMILES string of the molecule is CCOC1=C[C@]23CCN(C)[C@H](Cc4c(Cl)cc(OC)c(O)c42)[C@@H]3CC1=O. The van der Waals surface area contributed by atoms with E-state index in [0.717, 1.165) is 30.5 Å². The summed E-state index contributed by atoms with van der Waals surface area (Å²) in [6, 6.07) is 1.90. The molecule has 5 nitrogen and oxygen atoms in total. The van der Waals surface area contributed by atoms with Crippen molar-refractivity contribution in [3.05, 3.63) is 34.1 Å². The molecule has 2 aliphatic carbocycles. The molecule has 0 amide bonds. The van der Waals surface area contributed by atoms with Crippen LogP contribution < -0.4 is 4.74 Å². The van der Waals surface area contributed by atoms with E-state index in [9.17, 15) is 9.90 Å². The fraction of sp³-hybridized carbons (Fsp3) is 0.550. The van der Waals surface area contributed by atoms with Gasteiger partial charge in [0.15, 0.2) is 23.0 Å². The van der Waals surface area contributed by atoms with Crippen LogP contribution in [0.3, 0.4) is 0 Å². The van der Waals surface area contributed by atoms with E-state index < -0.39 is 5.41 Å². The first kappa shape index (κ1) is 17.7. The first-order valence-electron chi connectivity index (χ1n) is 9.10. The van der Waals surface area contributed by atoms with Crippen LogP contribution in [-0.4, -0.2) is 49.1 Å². The van der Waals surface area contributed by atoms with E-state index >= 15 is 0 Å². The molecule has 2 bridgehead atoms. The number of Topliss-reactive ketones (excluding diaryl/α,β-unsaturated/α-hetero) is 1. The van der Waals surface area contributed by atoms with Crippen LogP contribution in [0, 0.1) is 5.92 Å². The van der Waals surface area contributed by atoms with Crippen LogP contribution in [0.2, 0.25) is 5.02 Å². The second-order valence-electron chi connectivity index (χ2n) is 7.48. The van der Waals surface area contributed by atoms with Gasteiger partial charge >= 0.3 is 0 Å². The number of piperidine rings is 1. The number of likely N-dealkylation sites (N-methyl/N-ethyl adjacent to an activating group) is 1. The average molecular weight is 378 g/mol. The number of halogens is 1. The molecule has 1 aromatic carbocycles. The molecule has 26 heavy (non-hydrogen) atoms. The van der Waals surface area contributed by atoms with Crippen LogP contribution in [0.4, 0.5) is 0 Å². The summed E-state index contributed by atoms with van der Waals surface area (Å²) in [5.74, 6) is 1.08. The molecule has 0 radical (unpaired) electrons. The summed E-state index contributed by atoms with van der Waals surface area (Å²) < 4.78 is 11.0. The first-order valence-corrected chi connectivity index (χ1v) is 9.48. The molecule has 0 spiro atoms. The van der Waals surface area contributed by atoms with Crippen LogP contribution in [0.5, 0.6) is 11.5 Å². The Morgan fingerprint density at radius 1 is 1.42 bits per heavy atom. The van der Waals surface area contributed by atoms with Gasteiger partial charge in [0.2, 0.25) is 0 Å². The number of nitrogens with zero attached hydrogens (tertiary/aromatic N) is 1. The van der Waals surface area contributed by atoms with Gasteiger partial charge in [-0.05, 0) is 50.9 Å². The molecule has 1 saturated heterocycles. The molecule has 0 aromatic heterocycles. The van der Waals surface area contributed by atoms with Gasteiger partial charge in [0.05, 0.1) is 13.7 Å². The number of benzene rings is 1. The maximum absolute atomic E-state index is 12.6. The fourth-order valence-electron chi connectivity index (χ4n) is 5.16. The van der Waals surface area contributed by atoms with E-state index in [4.69, 9.17) is 21.1 Å². The lowest BCUT2D eigenvalue weighted by Gasteiger charge is -2.56. The zero-order chi connectivity index (χ0) is 18.6. The summed E-state index contributed by atoms with van der Waals surface area (Å²) in [5, 5.41) is 11.6. The molecule has 1 N–H and O–H groups in total. The number of ketones is 1. The Labute approximate surface area is 158 Å². The number of hydrogen-bond acceptors (Lipinski definition) is 5. The van der Waals surface area contributed by atoms with Gasteiger partial charge in [-0.3, -0.25) is 4.79 Å². The second-order valence-corrected chi connectivity index (χ2v) is 7.89. The Morgan fingerprint density at radius 2 is 2.19 bits per heavy atom. The maximum atomic E-state index is 12.6. The number of methoxy groups -OCH3 is 1. The molecular formula is C20H24ClNO4. The summed E-state index contributed by atoms with van der Waals surface area (Å²) in [6.45, 7) is 3.21. The van der Waals surface area contributed by atoms with Gasteiger partial charge in [-0.25, -0.2) is 0 Å². The van der Waals surface area contributed by atoms with Crippen molar-refractivity contribution in [3.63, 3.8) is 0 Å². The number of aromatic hydroxyl groups is 1. The number of hydrogen-bond donors (Lipinski definition) is 1. The van der Waals surface area contributed by atoms with Crippen LogP contribution in [0.15, 0.2) is 17.9 Å². The van der Waals surface area contributed by atoms with Crippen molar-refractivity contribution in [2.75, 3.05) is 27.3 Å². The number of carbonyl (C=O) groups excluding carboxylic acids is 1. The normalized spacial score (nSPS) is 30.3. The first-order chi connectivity index (χ1) is 12.4. The van der Waals surface area contributed by atoms with Crippen molar-refractivity contribution < 1.29 is 19.4 Å². The fourth-order valence-corrected chi connectivity index (χ4v) is 5.43. The van der Waals surface area contributed by atoms with Gasteiger partial charge in [0.25, 0.3) is 0 Å². The van der Waals surface area contributed by atoms with E-state index in [1.54, 1.807) is 6.07 Å². The molecule has 1 fully saturated rings. The molecule has 1 aliphatic heterocycles. The summed E-state index contributed by atoms with van der Waals surface area (Å²) in [5.41, 5.74) is 1.32. The number of rotatable bonds is 3. The Hall–Kier alpha value is -1.72. The number of likely N-dealkylation sites (tertiary alicyclic amines) is 1. The number of fused-ring (bicyclic) bond motifs is 1. The van der Waals surface area contributed by atoms with Crippen molar-refractivity contribution in [2.24, 2.45) is 5.92 Å². The molecule has 1 heterocycles. The van der Waals surface area contributed by atoms with Gasteiger partial charge in [-0.15, -0.1) is 0 Å². The Balaban J connectivity index is 2.01. The van der Waals surface area contributed by atoms with Gasteiger partial charge < -0.3 is 19.5 Å². The molecular weight excluding hydrogens is 354 g/mol. The molecule has 6 heteroatoms. The highest BCUT2D eigenvalue weighted by molar-refractivity contribution is 6.31.